The number of methoxy groups -OCH3 is 1. The number of hydrogen-bond acceptors (Lipinski definition) is 6. The molecule has 0 radical (unpaired) electrons. The summed E-state index contributed by atoms with van der Waals surface area (Å²) < 4.78 is 11.1. The molecular weight excluding hydrogens is 420 g/mol. The molecule has 33 heavy (non-hydrogen) atoms. The number of fused-ring (bicyclic) bond motifs is 1. The molecule has 4 aromatic rings. The molecule has 1 heterocycles. The van der Waals surface area contributed by atoms with E-state index in [1.165, 1.54) is 6.21 Å². The van der Waals surface area contributed by atoms with Crippen LogP contribution in [-0.4, -0.2) is 40.4 Å². The second-order valence-corrected chi connectivity index (χ2v) is 7.61. The Labute approximate surface area is 190 Å². The van der Waals surface area contributed by atoms with Crippen molar-refractivity contribution in [3.8, 4) is 28.6 Å². The van der Waals surface area contributed by atoms with Crippen LogP contribution in [0.5, 0.6) is 17.2 Å². The van der Waals surface area contributed by atoms with Crippen molar-refractivity contribution in [2.45, 2.75) is 20.0 Å². The number of para-hydroxylation sites is 1. The molecule has 1 aromatic heterocycles. The summed E-state index contributed by atoms with van der Waals surface area (Å²) >= 11 is 0. The minimum Gasteiger partial charge on any atom is -0.507 e. The lowest BCUT2D eigenvalue weighted by Gasteiger charge is -2.13. The summed E-state index contributed by atoms with van der Waals surface area (Å²) in [6, 6.07) is 17.4. The van der Waals surface area contributed by atoms with Crippen molar-refractivity contribution < 1.29 is 19.4 Å². The maximum atomic E-state index is 12.6. The number of rotatable bonds is 7. The van der Waals surface area contributed by atoms with E-state index in [0.717, 1.165) is 5.56 Å². The number of imidazole rings is 1. The zero-order valence-electron chi connectivity index (χ0n) is 18.5. The smallest absolute Gasteiger partial charge is 0.271 e. The van der Waals surface area contributed by atoms with Gasteiger partial charge in [0.2, 0.25) is 0 Å². The summed E-state index contributed by atoms with van der Waals surface area (Å²) in [5.74, 6) is 1.52. The van der Waals surface area contributed by atoms with Gasteiger partial charge in [-0.1, -0.05) is 12.1 Å². The number of benzene rings is 3. The lowest BCUT2D eigenvalue weighted by molar-refractivity contribution is 0.0955. The molecule has 8 heteroatoms. The number of hydrogen-bond donors (Lipinski definition) is 3. The van der Waals surface area contributed by atoms with E-state index in [-0.39, 0.29) is 17.8 Å². The van der Waals surface area contributed by atoms with Crippen molar-refractivity contribution >= 4 is 23.2 Å². The monoisotopic (exact) mass is 444 g/mol. The second-order valence-electron chi connectivity index (χ2n) is 7.61. The van der Waals surface area contributed by atoms with Gasteiger partial charge in [0.15, 0.2) is 11.5 Å². The van der Waals surface area contributed by atoms with Gasteiger partial charge in [0.25, 0.3) is 5.91 Å². The van der Waals surface area contributed by atoms with Crippen LogP contribution in [0.3, 0.4) is 0 Å². The first-order valence-corrected chi connectivity index (χ1v) is 10.4. The number of ether oxygens (including phenoxy) is 2. The van der Waals surface area contributed by atoms with Crippen LogP contribution in [0, 0.1) is 0 Å². The van der Waals surface area contributed by atoms with E-state index in [9.17, 15) is 9.90 Å². The fourth-order valence-electron chi connectivity index (χ4n) is 3.30. The third-order valence-electron chi connectivity index (χ3n) is 4.83. The van der Waals surface area contributed by atoms with E-state index in [0.29, 0.717) is 39.5 Å². The number of carbonyl (C=O) groups excluding carboxylic acids is 1. The SMILES string of the molecule is COc1ccc(/C=N/NC(=O)c2ccc3nc(-c4ccccc4O)[nH]c3c2)cc1OC(C)C. The Morgan fingerprint density at radius 1 is 1.12 bits per heavy atom. The number of aromatic hydroxyl groups is 1. The van der Waals surface area contributed by atoms with Gasteiger partial charge >= 0.3 is 0 Å². The molecular formula is C25H24N4O4. The average molecular weight is 444 g/mol. The highest BCUT2D eigenvalue weighted by atomic mass is 16.5. The van der Waals surface area contributed by atoms with Crippen LogP contribution in [0.4, 0.5) is 0 Å². The lowest BCUT2D eigenvalue weighted by Crippen LogP contribution is -2.17. The van der Waals surface area contributed by atoms with Gasteiger partial charge in [-0.15, -0.1) is 0 Å². The Morgan fingerprint density at radius 2 is 1.94 bits per heavy atom. The van der Waals surface area contributed by atoms with Gasteiger partial charge in [-0.05, 0) is 67.9 Å². The number of H-pyrrole nitrogens is 1. The Hall–Kier alpha value is -4.33. The predicted octanol–water partition coefficient (Wildman–Crippen LogP) is 4.50. The van der Waals surface area contributed by atoms with Crippen molar-refractivity contribution in [2.75, 3.05) is 7.11 Å². The maximum Gasteiger partial charge on any atom is 0.271 e. The zero-order valence-corrected chi connectivity index (χ0v) is 18.5. The highest BCUT2D eigenvalue weighted by Gasteiger charge is 2.12. The van der Waals surface area contributed by atoms with E-state index in [4.69, 9.17) is 9.47 Å². The molecule has 3 aromatic carbocycles. The summed E-state index contributed by atoms with van der Waals surface area (Å²) in [6.45, 7) is 3.87. The number of carbonyl (C=O) groups is 1. The zero-order chi connectivity index (χ0) is 23.4. The summed E-state index contributed by atoms with van der Waals surface area (Å²) in [5, 5.41) is 14.1. The van der Waals surface area contributed by atoms with Crippen LogP contribution in [0.15, 0.2) is 65.8 Å². The van der Waals surface area contributed by atoms with Crippen LogP contribution in [0.2, 0.25) is 0 Å². The average Bonchev–Trinajstić information content (AvgIpc) is 3.22. The molecule has 0 saturated carbocycles. The molecule has 0 spiro atoms. The van der Waals surface area contributed by atoms with Gasteiger partial charge in [-0.2, -0.15) is 5.10 Å². The molecule has 8 nitrogen and oxygen atoms in total. The van der Waals surface area contributed by atoms with Crippen molar-refractivity contribution in [3.05, 3.63) is 71.8 Å². The number of phenols is 1. The van der Waals surface area contributed by atoms with Crippen molar-refractivity contribution in [1.82, 2.24) is 15.4 Å². The third-order valence-corrected chi connectivity index (χ3v) is 4.83. The topological polar surface area (TPSA) is 109 Å². The van der Waals surface area contributed by atoms with Crippen molar-refractivity contribution in [3.63, 3.8) is 0 Å². The van der Waals surface area contributed by atoms with Gasteiger partial charge in [0.05, 0.1) is 36.0 Å². The quantitative estimate of drug-likeness (QED) is 0.287. The van der Waals surface area contributed by atoms with E-state index >= 15 is 0 Å². The molecule has 0 aliphatic carbocycles. The van der Waals surface area contributed by atoms with E-state index < -0.39 is 0 Å². The van der Waals surface area contributed by atoms with Crippen LogP contribution in [0.25, 0.3) is 22.4 Å². The highest BCUT2D eigenvalue weighted by Crippen LogP contribution is 2.29. The molecule has 0 aliphatic heterocycles. The fourth-order valence-corrected chi connectivity index (χ4v) is 3.30. The summed E-state index contributed by atoms with van der Waals surface area (Å²) in [4.78, 5) is 20.2. The van der Waals surface area contributed by atoms with Crippen LogP contribution in [0.1, 0.15) is 29.8 Å². The summed E-state index contributed by atoms with van der Waals surface area (Å²) in [6.07, 6.45) is 1.53. The summed E-state index contributed by atoms with van der Waals surface area (Å²) in [7, 11) is 1.58. The number of aromatic amines is 1. The number of phenolic OH excluding ortho intramolecular Hbond substituents is 1. The molecule has 3 N–H and O–H groups in total. The largest absolute Gasteiger partial charge is 0.507 e. The van der Waals surface area contributed by atoms with E-state index in [2.05, 4.69) is 20.5 Å². The maximum absolute atomic E-state index is 12.6. The Morgan fingerprint density at radius 3 is 2.70 bits per heavy atom. The van der Waals surface area contributed by atoms with E-state index in [1.807, 2.05) is 26.0 Å². The molecule has 0 saturated heterocycles. The van der Waals surface area contributed by atoms with Gasteiger partial charge in [0, 0.05) is 5.56 Å². The number of amides is 1. The number of nitrogens with zero attached hydrogens (tertiary/aromatic N) is 2. The normalized spacial score (nSPS) is 11.3. The van der Waals surface area contributed by atoms with Gasteiger partial charge in [0.1, 0.15) is 11.6 Å². The second kappa shape index (κ2) is 9.44. The van der Waals surface area contributed by atoms with Crippen LogP contribution >= 0.6 is 0 Å². The Bertz CT molecular complexity index is 1330. The molecule has 0 atom stereocenters. The molecule has 1 amide bonds. The van der Waals surface area contributed by atoms with Gasteiger partial charge < -0.3 is 19.6 Å². The fraction of sp³-hybridized carbons (Fsp3) is 0.160. The molecule has 4 rings (SSSR count). The minimum atomic E-state index is -0.362. The number of nitrogens with one attached hydrogen (secondary N) is 2. The molecule has 0 unspecified atom stereocenters. The van der Waals surface area contributed by atoms with Gasteiger partial charge in [-0.3, -0.25) is 4.79 Å². The molecule has 0 fully saturated rings. The van der Waals surface area contributed by atoms with Crippen molar-refractivity contribution in [1.29, 1.82) is 0 Å². The first kappa shape index (κ1) is 21.9. The lowest BCUT2D eigenvalue weighted by atomic mass is 10.2. The Balaban J connectivity index is 1.49. The molecule has 0 aliphatic rings. The standard InChI is InChI=1S/C25H24N4O4/c1-15(2)33-23-12-16(8-11-22(23)32-3)14-26-29-25(31)17-9-10-19-20(13-17)28-24(27-19)18-6-4-5-7-21(18)30/h4-15,30H,1-3H3,(H,27,28)(H,29,31)/b26-14+. The van der Waals surface area contributed by atoms with Crippen LogP contribution in [-0.2, 0) is 0 Å². The Kier molecular flexibility index (Phi) is 6.26. The molecule has 168 valence electrons. The number of aromatic nitrogens is 2. The number of hydrazone groups is 1. The van der Waals surface area contributed by atoms with E-state index in [1.54, 1.807) is 55.6 Å². The van der Waals surface area contributed by atoms with Gasteiger partial charge in [-0.25, -0.2) is 10.4 Å². The third kappa shape index (κ3) is 4.95. The highest BCUT2D eigenvalue weighted by molar-refractivity contribution is 5.98. The first-order valence-electron chi connectivity index (χ1n) is 10.4. The molecule has 0 bridgehead atoms. The predicted molar refractivity (Wildman–Crippen MR) is 127 cm³/mol. The first-order chi connectivity index (χ1) is 15.9. The summed E-state index contributed by atoms with van der Waals surface area (Å²) in [5.41, 5.74) is 5.66. The minimum absolute atomic E-state index is 0.00503. The van der Waals surface area contributed by atoms with Crippen molar-refractivity contribution in [2.24, 2.45) is 5.10 Å². The van der Waals surface area contributed by atoms with Crippen LogP contribution < -0.4 is 14.9 Å².